The van der Waals surface area contributed by atoms with Gasteiger partial charge in [-0.2, -0.15) is 13.2 Å². The van der Waals surface area contributed by atoms with E-state index in [9.17, 15) is 18.0 Å². The van der Waals surface area contributed by atoms with Crippen LogP contribution in [0.3, 0.4) is 0 Å². The number of carbonyl (C=O) groups is 1. The monoisotopic (exact) mass is 328 g/mol. The van der Waals surface area contributed by atoms with Gasteiger partial charge in [0.2, 0.25) is 0 Å². The molecular formula is C14H15F3N4O2. The van der Waals surface area contributed by atoms with Crippen molar-refractivity contribution in [3.05, 3.63) is 41.7 Å². The quantitative estimate of drug-likeness (QED) is 0.874. The minimum atomic E-state index is -4.46. The molecule has 0 saturated heterocycles. The second-order valence-electron chi connectivity index (χ2n) is 5.09. The first-order valence-corrected chi connectivity index (χ1v) is 6.80. The van der Waals surface area contributed by atoms with Crippen LogP contribution in [0.15, 0.2) is 30.5 Å². The molecule has 9 heteroatoms. The van der Waals surface area contributed by atoms with Gasteiger partial charge in [-0.25, -0.2) is 4.68 Å². The Labute approximate surface area is 129 Å². The molecule has 1 amide bonds. The zero-order valence-electron chi connectivity index (χ0n) is 12.2. The van der Waals surface area contributed by atoms with Crippen LogP contribution in [0.1, 0.15) is 23.0 Å². The van der Waals surface area contributed by atoms with Crippen molar-refractivity contribution >= 4 is 5.91 Å². The summed E-state index contributed by atoms with van der Waals surface area (Å²) in [5.41, 5.74) is -0.684. The fourth-order valence-electron chi connectivity index (χ4n) is 1.74. The first-order valence-electron chi connectivity index (χ1n) is 6.80. The second kappa shape index (κ2) is 6.78. The number of amides is 1. The third kappa shape index (κ3) is 4.28. The van der Waals surface area contributed by atoms with E-state index in [1.54, 1.807) is 6.92 Å². The summed E-state index contributed by atoms with van der Waals surface area (Å²) >= 11 is 0. The second-order valence-corrected chi connectivity index (χ2v) is 5.09. The molecule has 1 heterocycles. The summed E-state index contributed by atoms with van der Waals surface area (Å²) in [6.45, 7) is 1.93. The number of nitrogens with one attached hydrogen (secondary N) is 1. The number of carbonyl (C=O) groups excluding carboxylic acids is 1. The van der Waals surface area contributed by atoms with Crippen molar-refractivity contribution in [1.82, 2.24) is 20.3 Å². The number of benzene rings is 1. The first kappa shape index (κ1) is 16.9. The van der Waals surface area contributed by atoms with Gasteiger partial charge in [0.05, 0.1) is 17.4 Å². The van der Waals surface area contributed by atoms with Gasteiger partial charge < -0.3 is 10.4 Å². The number of nitrogens with zero attached hydrogens (tertiary/aromatic N) is 3. The van der Waals surface area contributed by atoms with Gasteiger partial charge in [0.1, 0.15) is 0 Å². The van der Waals surface area contributed by atoms with Gasteiger partial charge >= 0.3 is 6.18 Å². The standard InChI is InChI=1S/C14H15F3N4O2/c1-9(8-22)6-18-13(23)12-7-21(20-19-12)11-4-2-3-10(5-11)14(15,16)17/h2-5,7,9,22H,6,8H2,1H3,(H,18,23). The Hall–Kier alpha value is -2.42. The number of rotatable bonds is 5. The van der Waals surface area contributed by atoms with E-state index in [0.717, 1.165) is 16.8 Å². The molecule has 0 aliphatic heterocycles. The zero-order chi connectivity index (χ0) is 17.0. The van der Waals surface area contributed by atoms with Crippen molar-refractivity contribution in [1.29, 1.82) is 0 Å². The molecule has 0 spiro atoms. The SMILES string of the molecule is CC(CO)CNC(=O)c1cn(-c2cccc(C(F)(F)F)c2)nn1. The van der Waals surface area contributed by atoms with Crippen LogP contribution in [0.25, 0.3) is 5.69 Å². The maximum Gasteiger partial charge on any atom is 0.416 e. The summed E-state index contributed by atoms with van der Waals surface area (Å²) in [6, 6.07) is 4.55. The molecule has 6 nitrogen and oxygen atoms in total. The summed E-state index contributed by atoms with van der Waals surface area (Å²) in [6.07, 6.45) is -3.22. The number of halogens is 3. The van der Waals surface area contributed by atoms with E-state index in [1.165, 1.54) is 18.3 Å². The summed E-state index contributed by atoms with van der Waals surface area (Å²) in [5.74, 6) is -0.624. The van der Waals surface area contributed by atoms with E-state index in [2.05, 4.69) is 15.6 Å². The highest BCUT2D eigenvalue weighted by Gasteiger charge is 2.30. The lowest BCUT2D eigenvalue weighted by Crippen LogP contribution is -2.29. The van der Waals surface area contributed by atoms with Gasteiger partial charge in [-0.05, 0) is 24.1 Å². The van der Waals surface area contributed by atoms with Crippen LogP contribution in [0.5, 0.6) is 0 Å². The fraction of sp³-hybridized carbons (Fsp3) is 0.357. The number of alkyl halides is 3. The van der Waals surface area contributed by atoms with Crippen molar-refractivity contribution in [2.75, 3.05) is 13.2 Å². The molecule has 1 aromatic heterocycles. The van der Waals surface area contributed by atoms with Gasteiger partial charge in [-0.1, -0.05) is 18.2 Å². The van der Waals surface area contributed by atoms with Gasteiger partial charge in [-0.3, -0.25) is 4.79 Å². The van der Waals surface area contributed by atoms with Gasteiger partial charge in [0.15, 0.2) is 5.69 Å². The smallest absolute Gasteiger partial charge is 0.396 e. The lowest BCUT2D eigenvalue weighted by molar-refractivity contribution is -0.137. The van der Waals surface area contributed by atoms with Crippen molar-refractivity contribution in [3.8, 4) is 5.69 Å². The average molecular weight is 328 g/mol. The topological polar surface area (TPSA) is 80.0 Å². The Morgan fingerprint density at radius 1 is 1.43 bits per heavy atom. The van der Waals surface area contributed by atoms with E-state index in [-0.39, 0.29) is 30.5 Å². The zero-order valence-corrected chi connectivity index (χ0v) is 12.2. The molecule has 23 heavy (non-hydrogen) atoms. The third-order valence-corrected chi connectivity index (χ3v) is 3.09. The van der Waals surface area contributed by atoms with Gasteiger partial charge in [0, 0.05) is 13.2 Å². The molecule has 124 valence electrons. The van der Waals surface area contributed by atoms with Crippen molar-refractivity contribution < 1.29 is 23.1 Å². The highest BCUT2D eigenvalue weighted by molar-refractivity contribution is 5.91. The fourth-order valence-corrected chi connectivity index (χ4v) is 1.74. The highest BCUT2D eigenvalue weighted by Crippen LogP contribution is 2.30. The van der Waals surface area contributed by atoms with E-state index in [1.807, 2.05) is 0 Å². The molecule has 0 fully saturated rings. The minimum absolute atomic E-state index is 0.0208. The molecule has 0 aliphatic rings. The van der Waals surface area contributed by atoms with Crippen LogP contribution >= 0.6 is 0 Å². The molecule has 2 aromatic rings. The van der Waals surface area contributed by atoms with Gasteiger partial charge in [-0.15, -0.1) is 5.10 Å². The van der Waals surface area contributed by atoms with Crippen molar-refractivity contribution in [2.24, 2.45) is 5.92 Å². The summed E-state index contributed by atoms with van der Waals surface area (Å²) in [7, 11) is 0. The first-order chi connectivity index (χ1) is 10.8. The van der Waals surface area contributed by atoms with E-state index in [0.29, 0.717) is 0 Å². The molecular weight excluding hydrogens is 313 g/mol. The Balaban J connectivity index is 2.15. The maximum absolute atomic E-state index is 12.7. The Kier molecular flexibility index (Phi) is 4.99. The average Bonchev–Trinajstić information content (AvgIpc) is 3.01. The molecule has 0 aliphatic carbocycles. The summed E-state index contributed by atoms with van der Waals surface area (Å²) in [4.78, 5) is 11.8. The summed E-state index contributed by atoms with van der Waals surface area (Å²) < 4.78 is 39.2. The molecule has 1 atom stereocenters. The third-order valence-electron chi connectivity index (χ3n) is 3.09. The number of aliphatic hydroxyl groups excluding tert-OH is 1. The van der Waals surface area contributed by atoms with Crippen LogP contribution in [-0.4, -0.2) is 39.2 Å². The summed E-state index contributed by atoms with van der Waals surface area (Å²) in [5, 5.41) is 18.8. The Morgan fingerprint density at radius 3 is 2.83 bits per heavy atom. The molecule has 0 radical (unpaired) electrons. The molecule has 0 saturated carbocycles. The molecule has 2 N–H and O–H groups in total. The predicted molar refractivity (Wildman–Crippen MR) is 74.9 cm³/mol. The van der Waals surface area contributed by atoms with Crippen LogP contribution in [0.4, 0.5) is 13.2 Å². The van der Waals surface area contributed by atoms with E-state index in [4.69, 9.17) is 5.11 Å². The van der Waals surface area contributed by atoms with Crippen molar-refractivity contribution in [2.45, 2.75) is 13.1 Å². The largest absolute Gasteiger partial charge is 0.416 e. The van der Waals surface area contributed by atoms with E-state index >= 15 is 0 Å². The molecule has 1 aromatic carbocycles. The Morgan fingerprint density at radius 2 is 2.17 bits per heavy atom. The minimum Gasteiger partial charge on any atom is -0.396 e. The normalized spacial score (nSPS) is 12.9. The molecule has 0 bridgehead atoms. The Bertz CT molecular complexity index is 685. The van der Waals surface area contributed by atoms with Crippen LogP contribution < -0.4 is 5.32 Å². The van der Waals surface area contributed by atoms with Crippen LogP contribution in [0.2, 0.25) is 0 Å². The van der Waals surface area contributed by atoms with E-state index < -0.39 is 17.6 Å². The lowest BCUT2D eigenvalue weighted by Gasteiger charge is -2.08. The maximum atomic E-state index is 12.7. The highest BCUT2D eigenvalue weighted by atomic mass is 19.4. The van der Waals surface area contributed by atoms with Crippen molar-refractivity contribution in [3.63, 3.8) is 0 Å². The van der Waals surface area contributed by atoms with Crippen LogP contribution in [-0.2, 0) is 6.18 Å². The lowest BCUT2D eigenvalue weighted by atomic mass is 10.2. The number of aromatic nitrogens is 3. The predicted octanol–water partition coefficient (Wildman–Crippen LogP) is 1.64. The molecule has 2 rings (SSSR count). The van der Waals surface area contributed by atoms with Crippen LogP contribution in [0, 0.1) is 5.92 Å². The number of aliphatic hydroxyl groups is 1. The van der Waals surface area contributed by atoms with Gasteiger partial charge in [0.25, 0.3) is 5.91 Å². The number of hydrogen-bond acceptors (Lipinski definition) is 4. The molecule has 1 unspecified atom stereocenters. The number of hydrogen-bond donors (Lipinski definition) is 2.